The Hall–Kier alpha value is -2.59. The van der Waals surface area contributed by atoms with E-state index in [2.05, 4.69) is 0 Å². The maximum atomic E-state index is 12.9. The summed E-state index contributed by atoms with van der Waals surface area (Å²) < 4.78 is 59.1. The molecule has 0 N–H and O–H groups in total. The van der Waals surface area contributed by atoms with Gasteiger partial charge >= 0.3 is 0 Å². The molecule has 1 heterocycles. The van der Waals surface area contributed by atoms with Gasteiger partial charge in [0.05, 0.1) is 7.11 Å². The molecule has 1 unspecified atom stereocenters. The maximum absolute atomic E-state index is 12.9. The lowest BCUT2D eigenvalue weighted by Gasteiger charge is -2.52. The number of hydrogen-bond acceptors (Lipinski definition) is 7. The zero-order valence-electron chi connectivity index (χ0n) is 15.4. The molecule has 0 spiro atoms. The molecule has 1 aliphatic heterocycles. The number of carbonyl (C=O) groups is 1. The van der Waals surface area contributed by atoms with Crippen LogP contribution in [0.25, 0.3) is 0 Å². The molecule has 0 saturated carbocycles. The normalized spacial score (nSPS) is 19.0. The number of methoxy groups -OCH3 is 1. The van der Waals surface area contributed by atoms with E-state index in [4.69, 9.17) is 9.47 Å². The van der Waals surface area contributed by atoms with Crippen molar-refractivity contribution in [2.75, 3.05) is 24.5 Å². The average Bonchev–Trinajstić information content (AvgIpc) is 2.62. The van der Waals surface area contributed by atoms with Crippen molar-refractivity contribution in [3.63, 3.8) is 0 Å². The third-order valence-electron chi connectivity index (χ3n) is 4.48. The summed E-state index contributed by atoms with van der Waals surface area (Å²) in [5.41, 5.74) is 0.106. The van der Waals surface area contributed by atoms with E-state index in [-0.39, 0.29) is 11.4 Å². The van der Waals surface area contributed by atoms with Crippen molar-refractivity contribution >= 4 is 31.3 Å². The number of nitrogens with zero attached hydrogens (tertiary/aromatic N) is 1. The van der Waals surface area contributed by atoms with Gasteiger partial charge in [-0.05, 0) is 36.4 Å². The van der Waals surface area contributed by atoms with Crippen molar-refractivity contribution in [1.82, 2.24) is 0 Å². The van der Waals surface area contributed by atoms with E-state index in [0.717, 1.165) is 17.4 Å². The Morgan fingerprint density at radius 1 is 0.857 bits per heavy atom. The highest BCUT2D eigenvalue weighted by Crippen LogP contribution is 2.46. The van der Waals surface area contributed by atoms with E-state index < -0.39 is 35.9 Å². The van der Waals surface area contributed by atoms with Crippen LogP contribution in [0.15, 0.2) is 54.6 Å². The third kappa shape index (κ3) is 2.92. The molecular formula is C18H19NO7S2. The summed E-state index contributed by atoms with van der Waals surface area (Å²) in [4.78, 5) is 13.6. The number of amides is 1. The molecule has 0 aromatic heterocycles. The minimum absolute atomic E-state index is 0.106. The zero-order chi connectivity index (χ0) is 20.7. The molecule has 0 bridgehead atoms. The Labute approximate surface area is 163 Å². The van der Waals surface area contributed by atoms with Crippen LogP contribution in [-0.2, 0) is 24.5 Å². The highest BCUT2D eigenvalue weighted by atomic mass is 32.3. The SMILES string of the molecule is COc1ccc(N2C(=O)C(Oc3ccccc3)C2(S(C)(=O)=O)S(C)(=O)=O)cc1. The predicted octanol–water partition coefficient (Wildman–Crippen LogP) is 1.23. The molecule has 2 aromatic rings. The fourth-order valence-corrected chi connectivity index (χ4v) is 7.60. The highest BCUT2D eigenvalue weighted by Gasteiger charge is 2.75. The largest absolute Gasteiger partial charge is 0.497 e. The fraction of sp³-hybridized carbons (Fsp3) is 0.278. The van der Waals surface area contributed by atoms with Crippen LogP contribution in [0, 0.1) is 0 Å². The number of anilines is 1. The van der Waals surface area contributed by atoms with Crippen molar-refractivity contribution in [3.8, 4) is 11.5 Å². The second kappa shape index (κ2) is 6.78. The number of ether oxygens (including phenoxy) is 2. The van der Waals surface area contributed by atoms with Gasteiger partial charge in [0.25, 0.3) is 10.1 Å². The first-order chi connectivity index (χ1) is 13.0. The second-order valence-electron chi connectivity index (χ2n) is 6.36. The molecule has 3 rings (SSSR count). The van der Waals surface area contributed by atoms with E-state index in [9.17, 15) is 21.6 Å². The molecule has 150 valence electrons. The van der Waals surface area contributed by atoms with Gasteiger partial charge in [-0.25, -0.2) is 16.8 Å². The van der Waals surface area contributed by atoms with Gasteiger partial charge in [-0.1, -0.05) is 18.2 Å². The number of sulfone groups is 2. The van der Waals surface area contributed by atoms with Gasteiger partial charge in [0.2, 0.25) is 6.10 Å². The van der Waals surface area contributed by atoms with Crippen molar-refractivity contribution < 1.29 is 31.1 Å². The minimum atomic E-state index is -4.34. The van der Waals surface area contributed by atoms with Crippen molar-refractivity contribution in [3.05, 3.63) is 54.6 Å². The Morgan fingerprint density at radius 2 is 1.39 bits per heavy atom. The van der Waals surface area contributed by atoms with E-state index in [1.165, 1.54) is 43.5 Å². The quantitative estimate of drug-likeness (QED) is 0.641. The summed E-state index contributed by atoms with van der Waals surface area (Å²) in [5.74, 6) is -0.116. The fourth-order valence-electron chi connectivity index (χ4n) is 3.27. The lowest BCUT2D eigenvalue weighted by molar-refractivity contribution is -0.133. The van der Waals surface area contributed by atoms with E-state index in [1.54, 1.807) is 18.2 Å². The molecule has 1 fully saturated rings. The van der Waals surface area contributed by atoms with Gasteiger partial charge in [0.15, 0.2) is 19.7 Å². The van der Waals surface area contributed by atoms with Gasteiger partial charge in [0.1, 0.15) is 11.5 Å². The number of carbonyl (C=O) groups excluding carboxylic acids is 1. The average molecular weight is 425 g/mol. The standard InChI is InChI=1S/C18H19NO7S2/c1-25-14-11-9-13(10-12-14)19-17(20)16(26-15-7-5-4-6-8-15)18(19,27(2,21)22)28(3,23)24/h4-12,16H,1-3H3. The predicted molar refractivity (Wildman–Crippen MR) is 104 cm³/mol. The van der Waals surface area contributed by atoms with Crippen LogP contribution in [0.2, 0.25) is 0 Å². The first-order valence-electron chi connectivity index (χ1n) is 8.13. The smallest absolute Gasteiger partial charge is 0.296 e. The van der Waals surface area contributed by atoms with Gasteiger partial charge in [0, 0.05) is 18.2 Å². The Bertz CT molecular complexity index is 1060. The van der Waals surface area contributed by atoms with Crippen molar-refractivity contribution in [1.29, 1.82) is 0 Å². The Balaban J connectivity index is 2.18. The monoisotopic (exact) mass is 425 g/mol. The van der Waals surface area contributed by atoms with Crippen LogP contribution >= 0.6 is 0 Å². The summed E-state index contributed by atoms with van der Waals surface area (Å²) in [6.07, 6.45) is -0.182. The lowest BCUT2D eigenvalue weighted by Crippen LogP contribution is -2.82. The number of β-lactam (4-membered cyclic amide) rings is 1. The van der Waals surface area contributed by atoms with Crippen LogP contribution < -0.4 is 14.4 Å². The maximum Gasteiger partial charge on any atom is 0.296 e. The summed E-state index contributed by atoms with van der Waals surface area (Å²) >= 11 is 0. The van der Waals surface area contributed by atoms with Gasteiger partial charge in [-0.15, -0.1) is 0 Å². The molecule has 10 heteroatoms. The first-order valence-corrected chi connectivity index (χ1v) is 11.9. The van der Waals surface area contributed by atoms with Crippen LogP contribution in [0.1, 0.15) is 0 Å². The lowest BCUT2D eigenvalue weighted by atomic mass is 10.1. The van der Waals surface area contributed by atoms with Crippen LogP contribution in [-0.4, -0.2) is 52.7 Å². The topological polar surface area (TPSA) is 107 Å². The summed E-state index contributed by atoms with van der Waals surface area (Å²) in [6.45, 7) is 0. The molecular weight excluding hydrogens is 406 g/mol. The van der Waals surface area contributed by atoms with E-state index in [0.29, 0.717) is 5.75 Å². The van der Waals surface area contributed by atoms with Crippen molar-refractivity contribution in [2.24, 2.45) is 0 Å². The number of benzene rings is 2. The number of hydrogen-bond donors (Lipinski definition) is 0. The third-order valence-corrected chi connectivity index (χ3v) is 9.21. The first kappa shape index (κ1) is 20.2. The molecule has 1 saturated heterocycles. The van der Waals surface area contributed by atoms with Gasteiger partial charge in [-0.3, -0.25) is 9.69 Å². The molecule has 1 amide bonds. The Morgan fingerprint density at radius 3 is 1.86 bits per heavy atom. The molecule has 8 nitrogen and oxygen atoms in total. The molecule has 2 aromatic carbocycles. The molecule has 1 aliphatic rings. The number of para-hydroxylation sites is 1. The second-order valence-corrected chi connectivity index (χ2v) is 10.9. The minimum Gasteiger partial charge on any atom is -0.497 e. The van der Waals surface area contributed by atoms with Crippen LogP contribution in [0.3, 0.4) is 0 Å². The zero-order valence-corrected chi connectivity index (χ0v) is 17.0. The summed E-state index contributed by atoms with van der Waals surface area (Å²) in [6, 6.07) is 13.8. The Kier molecular flexibility index (Phi) is 4.88. The molecule has 28 heavy (non-hydrogen) atoms. The highest BCUT2D eigenvalue weighted by molar-refractivity contribution is 8.10. The molecule has 0 radical (unpaired) electrons. The van der Waals surface area contributed by atoms with Gasteiger partial charge in [-0.2, -0.15) is 0 Å². The molecule has 0 aliphatic carbocycles. The van der Waals surface area contributed by atoms with Crippen molar-refractivity contribution in [2.45, 2.75) is 10.3 Å². The summed E-state index contributed by atoms with van der Waals surface area (Å²) in [5, 5.41) is 0. The van der Waals surface area contributed by atoms with Gasteiger partial charge < -0.3 is 9.47 Å². The van der Waals surface area contributed by atoms with E-state index in [1.807, 2.05) is 0 Å². The molecule has 1 atom stereocenters. The van der Waals surface area contributed by atoms with E-state index >= 15 is 0 Å². The summed E-state index contributed by atoms with van der Waals surface area (Å²) in [7, 11) is -7.23. The van der Waals surface area contributed by atoms with Crippen LogP contribution in [0.4, 0.5) is 5.69 Å². The number of rotatable bonds is 6. The van der Waals surface area contributed by atoms with Crippen LogP contribution in [0.5, 0.6) is 11.5 Å².